The Morgan fingerprint density at radius 3 is 2.36 bits per heavy atom. The highest BCUT2D eigenvalue weighted by molar-refractivity contribution is 7.89. The minimum absolute atomic E-state index is 0.0832. The summed E-state index contributed by atoms with van der Waals surface area (Å²) in [5.41, 5.74) is 4.78. The van der Waals surface area contributed by atoms with Gasteiger partial charge < -0.3 is 9.42 Å². The summed E-state index contributed by atoms with van der Waals surface area (Å²) in [7, 11) is -3.85. The molecule has 178 valence electrons. The van der Waals surface area contributed by atoms with Crippen LogP contribution in [0.15, 0.2) is 21.6 Å². The zero-order valence-corrected chi connectivity index (χ0v) is 20.7. The van der Waals surface area contributed by atoms with Crippen LogP contribution in [0.3, 0.4) is 0 Å². The van der Waals surface area contributed by atoms with Gasteiger partial charge in [0.2, 0.25) is 15.9 Å². The topological polar surface area (TPSA) is 83.7 Å². The van der Waals surface area contributed by atoms with Crippen molar-refractivity contribution < 1.29 is 17.7 Å². The SMILES string of the molecule is Cc1cc(C)c(C=Cc2onc(C)c2S(=O)(=O)N2CCCC(C(=O)N3CCCC3)C2)c(C)c1. The molecule has 3 heterocycles. The van der Waals surface area contributed by atoms with E-state index in [1.165, 1.54) is 9.87 Å². The second kappa shape index (κ2) is 9.43. The number of rotatable bonds is 5. The van der Waals surface area contributed by atoms with Gasteiger partial charge >= 0.3 is 0 Å². The van der Waals surface area contributed by atoms with Gasteiger partial charge in [-0.25, -0.2) is 8.42 Å². The van der Waals surface area contributed by atoms with Gasteiger partial charge in [0.15, 0.2) is 10.7 Å². The first-order chi connectivity index (χ1) is 15.7. The third-order valence-electron chi connectivity index (χ3n) is 6.72. The summed E-state index contributed by atoms with van der Waals surface area (Å²) in [5, 5.41) is 3.96. The number of carbonyl (C=O) groups is 1. The molecule has 0 bridgehead atoms. The van der Waals surface area contributed by atoms with Gasteiger partial charge in [-0.15, -0.1) is 0 Å². The molecule has 1 aromatic carbocycles. The zero-order chi connectivity index (χ0) is 23.8. The Labute approximate surface area is 196 Å². The molecule has 8 heteroatoms. The number of piperidine rings is 1. The van der Waals surface area contributed by atoms with Crippen molar-refractivity contribution in [2.45, 2.75) is 58.3 Å². The number of aromatic nitrogens is 1. The number of nitrogens with zero attached hydrogens (tertiary/aromatic N) is 3. The molecule has 1 amide bonds. The predicted molar refractivity (Wildman–Crippen MR) is 128 cm³/mol. The predicted octanol–water partition coefficient (Wildman–Crippen LogP) is 4.10. The van der Waals surface area contributed by atoms with Crippen LogP contribution < -0.4 is 0 Å². The monoisotopic (exact) mass is 471 g/mol. The largest absolute Gasteiger partial charge is 0.355 e. The van der Waals surface area contributed by atoms with E-state index in [2.05, 4.69) is 24.2 Å². The normalized spacial score (nSPS) is 20.1. The number of carbonyl (C=O) groups excluding carboxylic acids is 1. The summed E-state index contributed by atoms with van der Waals surface area (Å²) < 4.78 is 34.1. The standard InChI is InChI=1S/C25H33N3O4S/c1-17-14-18(2)22(19(3)15-17)9-10-23-24(20(4)26-32-23)33(30,31)28-13-7-8-21(16-28)25(29)27-11-5-6-12-27/h9-10,14-15,21H,5-8,11-13,16H2,1-4H3. The Hall–Kier alpha value is -2.45. The minimum atomic E-state index is -3.85. The third kappa shape index (κ3) is 4.77. The summed E-state index contributed by atoms with van der Waals surface area (Å²) in [6, 6.07) is 4.20. The van der Waals surface area contributed by atoms with Crippen LogP contribution in [0.2, 0.25) is 0 Å². The lowest BCUT2D eigenvalue weighted by Gasteiger charge is -2.33. The van der Waals surface area contributed by atoms with Crippen molar-refractivity contribution in [3.05, 3.63) is 45.8 Å². The van der Waals surface area contributed by atoms with E-state index in [0.717, 1.165) is 49.0 Å². The van der Waals surface area contributed by atoms with E-state index in [1.54, 1.807) is 13.0 Å². The van der Waals surface area contributed by atoms with Crippen LogP contribution in [0.25, 0.3) is 12.2 Å². The summed E-state index contributed by atoms with van der Waals surface area (Å²) >= 11 is 0. The zero-order valence-electron chi connectivity index (χ0n) is 19.9. The molecule has 4 rings (SSSR count). The van der Waals surface area contributed by atoms with Crippen molar-refractivity contribution in [1.29, 1.82) is 0 Å². The van der Waals surface area contributed by atoms with Gasteiger partial charge in [-0.05, 0) is 76.1 Å². The maximum atomic E-state index is 13.6. The molecule has 1 unspecified atom stereocenters. The number of likely N-dealkylation sites (tertiary alicyclic amines) is 1. The average Bonchev–Trinajstić information content (AvgIpc) is 3.43. The highest BCUT2D eigenvalue weighted by Crippen LogP contribution is 2.30. The van der Waals surface area contributed by atoms with E-state index in [0.29, 0.717) is 18.7 Å². The highest BCUT2D eigenvalue weighted by Gasteiger charge is 2.38. The summed E-state index contributed by atoms with van der Waals surface area (Å²) in [6.07, 6.45) is 7.02. The Morgan fingerprint density at radius 1 is 1.03 bits per heavy atom. The molecule has 0 radical (unpaired) electrons. The fourth-order valence-electron chi connectivity index (χ4n) is 5.10. The second-order valence-corrected chi connectivity index (χ2v) is 11.2. The first-order valence-corrected chi connectivity index (χ1v) is 13.1. The van der Waals surface area contributed by atoms with E-state index in [1.807, 2.05) is 24.8 Å². The van der Waals surface area contributed by atoms with Crippen molar-refractivity contribution in [2.75, 3.05) is 26.2 Å². The molecule has 0 spiro atoms. The molecular formula is C25H33N3O4S. The van der Waals surface area contributed by atoms with E-state index in [-0.39, 0.29) is 29.0 Å². The third-order valence-corrected chi connectivity index (χ3v) is 8.75. The molecule has 2 fully saturated rings. The molecule has 0 saturated carbocycles. The molecule has 0 N–H and O–H groups in total. The van der Waals surface area contributed by atoms with Crippen molar-refractivity contribution in [2.24, 2.45) is 5.92 Å². The lowest BCUT2D eigenvalue weighted by Crippen LogP contribution is -2.46. The van der Waals surface area contributed by atoms with Crippen molar-refractivity contribution >= 4 is 28.1 Å². The summed E-state index contributed by atoms with van der Waals surface area (Å²) in [4.78, 5) is 14.9. The molecule has 2 aliphatic heterocycles. The van der Waals surface area contributed by atoms with Gasteiger partial charge in [0.1, 0.15) is 5.69 Å². The van der Waals surface area contributed by atoms with Gasteiger partial charge in [-0.3, -0.25) is 4.79 Å². The fraction of sp³-hybridized carbons (Fsp3) is 0.520. The molecule has 2 aliphatic rings. The van der Waals surface area contributed by atoms with Crippen LogP contribution in [-0.2, 0) is 14.8 Å². The molecule has 1 aromatic heterocycles. The van der Waals surface area contributed by atoms with Crippen LogP contribution in [0.4, 0.5) is 0 Å². The number of amides is 1. The Morgan fingerprint density at radius 2 is 1.70 bits per heavy atom. The average molecular weight is 472 g/mol. The Balaban J connectivity index is 1.60. The molecule has 0 aliphatic carbocycles. The molecule has 1 atom stereocenters. The highest BCUT2D eigenvalue weighted by atomic mass is 32.2. The molecule has 2 aromatic rings. The Kier molecular flexibility index (Phi) is 6.77. The van der Waals surface area contributed by atoms with Crippen LogP contribution >= 0.6 is 0 Å². The van der Waals surface area contributed by atoms with E-state index in [4.69, 9.17) is 4.52 Å². The van der Waals surface area contributed by atoms with Gasteiger partial charge in [0.05, 0.1) is 5.92 Å². The van der Waals surface area contributed by atoms with Gasteiger partial charge in [0, 0.05) is 26.2 Å². The lowest BCUT2D eigenvalue weighted by atomic mass is 9.98. The van der Waals surface area contributed by atoms with Crippen molar-refractivity contribution in [1.82, 2.24) is 14.4 Å². The molecule has 2 saturated heterocycles. The lowest BCUT2D eigenvalue weighted by molar-refractivity contribution is -0.135. The second-order valence-electron chi connectivity index (χ2n) is 9.34. The maximum Gasteiger partial charge on any atom is 0.248 e. The number of aryl methyl sites for hydroxylation is 4. The van der Waals surface area contributed by atoms with Crippen LogP contribution in [0, 0.1) is 33.6 Å². The Bertz CT molecular complexity index is 1150. The number of hydrogen-bond acceptors (Lipinski definition) is 5. The fourth-order valence-corrected chi connectivity index (χ4v) is 6.87. The number of sulfonamides is 1. The summed E-state index contributed by atoms with van der Waals surface area (Å²) in [5.74, 6) is 0.0170. The van der Waals surface area contributed by atoms with Crippen LogP contribution in [0.5, 0.6) is 0 Å². The smallest absolute Gasteiger partial charge is 0.248 e. The van der Waals surface area contributed by atoms with E-state index < -0.39 is 10.0 Å². The number of benzene rings is 1. The quantitative estimate of drug-likeness (QED) is 0.656. The molecule has 33 heavy (non-hydrogen) atoms. The van der Waals surface area contributed by atoms with Gasteiger partial charge in [-0.2, -0.15) is 4.31 Å². The van der Waals surface area contributed by atoms with Crippen LogP contribution in [-0.4, -0.2) is 54.9 Å². The maximum absolute atomic E-state index is 13.6. The number of hydrogen-bond donors (Lipinski definition) is 0. The van der Waals surface area contributed by atoms with E-state index in [9.17, 15) is 13.2 Å². The first kappa shape index (κ1) is 23.7. The molecule has 7 nitrogen and oxygen atoms in total. The van der Waals surface area contributed by atoms with Crippen molar-refractivity contribution in [3.63, 3.8) is 0 Å². The van der Waals surface area contributed by atoms with Gasteiger partial charge in [0.25, 0.3) is 0 Å². The summed E-state index contributed by atoms with van der Waals surface area (Å²) in [6.45, 7) is 9.94. The van der Waals surface area contributed by atoms with Crippen LogP contribution in [0.1, 0.15) is 59.4 Å². The van der Waals surface area contributed by atoms with E-state index >= 15 is 0 Å². The van der Waals surface area contributed by atoms with Gasteiger partial charge in [-0.1, -0.05) is 28.9 Å². The van der Waals surface area contributed by atoms with Crippen molar-refractivity contribution in [3.8, 4) is 0 Å². The molecular weight excluding hydrogens is 438 g/mol. The minimum Gasteiger partial charge on any atom is -0.355 e. The first-order valence-electron chi connectivity index (χ1n) is 11.7.